The van der Waals surface area contributed by atoms with Gasteiger partial charge in [0.2, 0.25) is 0 Å². The van der Waals surface area contributed by atoms with Crippen molar-refractivity contribution in [3.63, 3.8) is 0 Å². The van der Waals surface area contributed by atoms with Crippen LogP contribution in [0.1, 0.15) is 12.8 Å². The quantitative estimate of drug-likeness (QED) is 0.717. The summed E-state index contributed by atoms with van der Waals surface area (Å²) in [5, 5.41) is 3.44. The first-order valence-corrected chi connectivity index (χ1v) is 10.1. The number of sulfonamides is 1. The van der Waals surface area contributed by atoms with Crippen molar-refractivity contribution in [2.24, 2.45) is 16.2 Å². The van der Waals surface area contributed by atoms with Crippen molar-refractivity contribution in [2.45, 2.75) is 12.8 Å². The van der Waals surface area contributed by atoms with Gasteiger partial charge in [-0.1, -0.05) is 0 Å². The largest absolute Gasteiger partial charge is 0.339 e. The van der Waals surface area contributed by atoms with Crippen LogP contribution in [0.5, 0.6) is 0 Å². The zero-order valence-electron chi connectivity index (χ0n) is 13.5. The summed E-state index contributed by atoms with van der Waals surface area (Å²) in [4.78, 5) is 16.5. The number of amides is 1. The molecule has 2 fully saturated rings. The molecule has 4 aliphatic heterocycles. The molecule has 4 rings (SSSR count). The molecule has 24 heavy (non-hydrogen) atoms. The van der Waals surface area contributed by atoms with E-state index < -0.39 is 10.0 Å². The number of carbonyl (C=O) groups is 1. The first kappa shape index (κ1) is 15.8. The van der Waals surface area contributed by atoms with E-state index in [-0.39, 0.29) is 11.7 Å². The Labute approximate surface area is 142 Å². The number of rotatable bonds is 1. The van der Waals surface area contributed by atoms with Crippen molar-refractivity contribution >= 4 is 21.8 Å². The molecule has 0 unspecified atom stereocenters. The van der Waals surface area contributed by atoms with E-state index in [1.807, 2.05) is 4.90 Å². The van der Waals surface area contributed by atoms with E-state index in [0.29, 0.717) is 29.8 Å². The molecule has 1 N–H and O–H groups in total. The van der Waals surface area contributed by atoms with Crippen LogP contribution < -0.4 is 5.32 Å². The molecule has 7 nitrogen and oxygen atoms in total. The molecule has 4 aliphatic rings. The molecule has 0 radical (unpaired) electrons. The lowest BCUT2D eigenvalue weighted by Gasteiger charge is -2.29. The van der Waals surface area contributed by atoms with Crippen LogP contribution in [0.4, 0.5) is 0 Å². The molecule has 0 aliphatic carbocycles. The number of hydrogen-bond acceptors (Lipinski definition) is 5. The Morgan fingerprint density at radius 2 is 1.83 bits per heavy atom. The number of nitrogens with zero attached hydrogens (tertiary/aromatic N) is 3. The fourth-order valence-electron chi connectivity index (χ4n) is 3.93. The van der Waals surface area contributed by atoms with Crippen molar-refractivity contribution in [1.82, 2.24) is 15.1 Å². The van der Waals surface area contributed by atoms with Gasteiger partial charge in [0.25, 0.3) is 15.9 Å². The minimum atomic E-state index is -3.36. The molecule has 0 aromatic carbocycles. The smallest absolute Gasteiger partial charge is 0.256 e. The molecule has 2 saturated heterocycles. The summed E-state index contributed by atoms with van der Waals surface area (Å²) in [6.45, 7) is 4.07. The van der Waals surface area contributed by atoms with E-state index in [4.69, 9.17) is 0 Å². The average molecular weight is 350 g/mol. The summed E-state index contributed by atoms with van der Waals surface area (Å²) in [6.07, 6.45) is 7.15. The number of hydrogen-bond donors (Lipinski definition) is 1. The van der Waals surface area contributed by atoms with Gasteiger partial charge < -0.3 is 15.1 Å². The third kappa shape index (κ3) is 3.00. The van der Waals surface area contributed by atoms with E-state index in [2.05, 4.69) is 9.71 Å². The van der Waals surface area contributed by atoms with Crippen LogP contribution in [-0.2, 0) is 14.8 Å². The number of carbonyl (C=O) groups excluding carboxylic acids is 1. The van der Waals surface area contributed by atoms with Crippen molar-refractivity contribution in [2.75, 3.05) is 38.5 Å². The maximum absolute atomic E-state index is 12.8. The lowest BCUT2D eigenvalue weighted by Crippen LogP contribution is -2.39. The standard InChI is InChI=1S/C16H22N4O3S/c21-16(19-5-3-12-9-17-10-13(12)4-6-19)14-1-2-15-18-24(22,23)8-7-20(15)11-14/h1-2,11-13,17H,3-10H2/t12-,13+. The highest BCUT2D eigenvalue weighted by molar-refractivity contribution is 7.90. The summed E-state index contributed by atoms with van der Waals surface area (Å²) in [7, 11) is -3.36. The molecule has 2 atom stereocenters. The second-order valence-electron chi connectivity index (χ2n) is 6.89. The Balaban J connectivity index is 1.48. The van der Waals surface area contributed by atoms with Crippen molar-refractivity contribution in [1.29, 1.82) is 0 Å². The fourth-order valence-corrected chi connectivity index (χ4v) is 4.90. The van der Waals surface area contributed by atoms with Crippen molar-refractivity contribution < 1.29 is 13.2 Å². The summed E-state index contributed by atoms with van der Waals surface area (Å²) >= 11 is 0. The summed E-state index contributed by atoms with van der Waals surface area (Å²) in [5.41, 5.74) is 0.610. The van der Waals surface area contributed by atoms with Crippen LogP contribution in [-0.4, -0.2) is 68.4 Å². The van der Waals surface area contributed by atoms with Gasteiger partial charge in [0.15, 0.2) is 0 Å². The maximum Gasteiger partial charge on any atom is 0.256 e. The first-order valence-electron chi connectivity index (χ1n) is 8.51. The van der Waals surface area contributed by atoms with Crippen LogP contribution in [0, 0.1) is 11.8 Å². The normalized spacial score (nSPS) is 31.7. The lowest BCUT2D eigenvalue weighted by atomic mass is 9.92. The summed E-state index contributed by atoms with van der Waals surface area (Å²) in [6, 6.07) is 0. The zero-order valence-corrected chi connectivity index (χ0v) is 14.3. The lowest BCUT2D eigenvalue weighted by molar-refractivity contribution is -0.126. The molecule has 4 heterocycles. The van der Waals surface area contributed by atoms with Crippen molar-refractivity contribution in [3.8, 4) is 0 Å². The SMILES string of the molecule is O=C(C1=CN2CCS(=O)(=O)N=C2C=C1)N1CC[C@@H]2CNC[C@@H]2CC1. The summed E-state index contributed by atoms with van der Waals surface area (Å²) in [5.74, 6) is 1.79. The number of nitrogens with one attached hydrogen (secondary N) is 1. The minimum absolute atomic E-state index is 0.0115. The van der Waals surface area contributed by atoms with Gasteiger partial charge in [-0.25, -0.2) is 8.42 Å². The van der Waals surface area contributed by atoms with E-state index in [1.54, 1.807) is 23.3 Å². The third-order valence-corrected chi connectivity index (χ3v) is 6.54. The van der Waals surface area contributed by atoms with E-state index in [0.717, 1.165) is 39.0 Å². The van der Waals surface area contributed by atoms with Gasteiger partial charge in [-0.15, -0.1) is 4.40 Å². The van der Waals surface area contributed by atoms with Gasteiger partial charge in [-0.3, -0.25) is 4.79 Å². The van der Waals surface area contributed by atoms with Gasteiger partial charge in [-0.05, 0) is 49.9 Å². The molecule has 0 saturated carbocycles. The zero-order chi connectivity index (χ0) is 16.7. The third-order valence-electron chi connectivity index (χ3n) is 5.38. The highest BCUT2D eigenvalue weighted by Crippen LogP contribution is 2.28. The second-order valence-corrected chi connectivity index (χ2v) is 8.65. The molecule has 0 aromatic heterocycles. The predicted molar refractivity (Wildman–Crippen MR) is 90.8 cm³/mol. The predicted octanol–water partition coefficient (Wildman–Crippen LogP) is -0.0580. The van der Waals surface area contributed by atoms with Crippen LogP contribution in [0.25, 0.3) is 0 Å². The second kappa shape index (κ2) is 6.00. The van der Waals surface area contributed by atoms with Crippen LogP contribution >= 0.6 is 0 Å². The molecular weight excluding hydrogens is 328 g/mol. The molecule has 0 bridgehead atoms. The van der Waals surface area contributed by atoms with Crippen LogP contribution in [0.15, 0.2) is 28.3 Å². The van der Waals surface area contributed by atoms with Gasteiger partial charge in [0, 0.05) is 25.8 Å². The Bertz CT molecular complexity index is 726. The average Bonchev–Trinajstić information content (AvgIpc) is 2.91. The van der Waals surface area contributed by atoms with E-state index in [9.17, 15) is 13.2 Å². The van der Waals surface area contributed by atoms with Gasteiger partial charge in [0.05, 0.1) is 11.3 Å². The molecule has 0 spiro atoms. The van der Waals surface area contributed by atoms with Crippen molar-refractivity contribution in [3.05, 3.63) is 23.9 Å². The first-order chi connectivity index (χ1) is 11.5. The van der Waals surface area contributed by atoms with E-state index in [1.165, 1.54) is 0 Å². The number of fused-ring (bicyclic) bond motifs is 2. The van der Waals surface area contributed by atoms with Crippen LogP contribution in [0.3, 0.4) is 0 Å². The molecule has 8 heteroatoms. The van der Waals surface area contributed by atoms with Crippen LogP contribution in [0.2, 0.25) is 0 Å². The molecule has 0 aromatic rings. The number of amidine groups is 1. The maximum atomic E-state index is 12.8. The Kier molecular flexibility index (Phi) is 3.96. The summed E-state index contributed by atoms with van der Waals surface area (Å²) < 4.78 is 26.9. The Morgan fingerprint density at radius 3 is 2.54 bits per heavy atom. The Hall–Kier alpha value is -1.67. The monoisotopic (exact) mass is 350 g/mol. The number of likely N-dealkylation sites (tertiary alicyclic amines) is 1. The highest BCUT2D eigenvalue weighted by atomic mass is 32.2. The minimum Gasteiger partial charge on any atom is -0.339 e. The van der Waals surface area contributed by atoms with E-state index >= 15 is 0 Å². The van der Waals surface area contributed by atoms with Gasteiger partial charge in [0.1, 0.15) is 5.84 Å². The fraction of sp³-hybridized carbons (Fsp3) is 0.625. The Morgan fingerprint density at radius 1 is 1.12 bits per heavy atom. The molecular formula is C16H22N4O3S. The van der Waals surface area contributed by atoms with Gasteiger partial charge in [-0.2, -0.15) is 0 Å². The topological polar surface area (TPSA) is 82.1 Å². The highest BCUT2D eigenvalue weighted by Gasteiger charge is 2.32. The van der Waals surface area contributed by atoms with Gasteiger partial charge >= 0.3 is 0 Å². The molecule has 1 amide bonds. The molecule has 130 valence electrons.